The molecule has 0 saturated heterocycles. The van der Waals surface area contributed by atoms with Crippen LogP contribution in [0.1, 0.15) is 202 Å². The smallest absolute Gasteiger partial charge is 0.345 e. The summed E-state index contributed by atoms with van der Waals surface area (Å²) in [6.45, 7) is 4.51. The predicted molar refractivity (Wildman–Crippen MR) is 188 cm³/mol. The first-order chi connectivity index (χ1) is 22.0. The summed E-state index contributed by atoms with van der Waals surface area (Å²) in [4.78, 5) is 36.8. The molecule has 0 aliphatic heterocycles. The van der Waals surface area contributed by atoms with Gasteiger partial charge < -0.3 is 9.84 Å². The molecule has 0 heterocycles. The van der Waals surface area contributed by atoms with Crippen molar-refractivity contribution in [3.8, 4) is 0 Å². The fraction of sp³-hybridized carbons (Fsp3) is 0.725. The van der Waals surface area contributed by atoms with Crippen LogP contribution >= 0.6 is 0 Å². The summed E-state index contributed by atoms with van der Waals surface area (Å²) < 4.78 is 5.29. The third-order valence-electron chi connectivity index (χ3n) is 8.86. The highest BCUT2D eigenvalue weighted by atomic mass is 16.6. The standard InChI is InChI=1S/C40H66O5/c1-3-5-7-9-11-13-15-17-18-20-22-24-26-28-30-36(29-27-25-23-21-19-16-14-12-10-8-6-4-2)39(43)45-40(44)37-33-31-35(32-34-37)38(41)42/h17-18,31-34,36H,3-16,19-30H2,1-2H3,(H,41,42). The van der Waals surface area contributed by atoms with E-state index >= 15 is 0 Å². The molecular weight excluding hydrogens is 560 g/mol. The van der Waals surface area contributed by atoms with Crippen LogP contribution in [-0.2, 0) is 9.53 Å². The van der Waals surface area contributed by atoms with Gasteiger partial charge in [-0.3, -0.25) is 4.79 Å². The van der Waals surface area contributed by atoms with Gasteiger partial charge >= 0.3 is 17.9 Å². The number of hydrogen-bond acceptors (Lipinski definition) is 4. The summed E-state index contributed by atoms with van der Waals surface area (Å²) in [6, 6.07) is 5.52. The predicted octanol–water partition coefficient (Wildman–Crippen LogP) is 12.4. The molecule has 0 aliphatic carbocycles. The van der Waals surface area contributed by atoms with Gasteiger partial charge in [-0.2, -0.15) is 0 Å². The van der Waals surface area contributed by atoms with E-state index in [4.69, 9.17) is 9.84 Å². The third-order valence-corrected chi connectivity index (χ3v) is 8.86. The molecule has 0 spiro atoms. The highest BCUT2D eigenvalue weighted by Gasteiger charge is 2.23. The number of aromatic carboxylic acids is 1. The molecule has 0 bridgehead atoms. The van der Waals surface area contributed by atoms with Crippen molar-refractivity contribution in [3.05, 3.63) is 47.5 Å². The summed E-state index contributed by atoms with van der Waals surface area (Å²) in [5.74, 6) is -2.47. The summed E-state index contributed by atoms with van der Waals surface area (Å²) in [7, 11) is 0. The Labute approximate surface area is 276 Å². The van der Waals surface area contributed by atoms with Crippen LogP contribution in [0.15, 0.2) is 36.4 Å². The van der Waals surface area contributed by atoms with Gasteiger partial charge in [0.25, 0.3) is 0 Å². The number of carboxylic acid groups (broad SMARTS) is 1. The minimum Gasteiger partial charge on any atom is -0.478 e. The highest BCUT2D eigenvalue weighted by Crippen LogP contribution is 2.22. The summed E-state index contributed by atoms with van der Waals surface area (Å²) in [5, 5.41) is 9.09. The van der Waals surface area contributed by atoms with Gasteiger partial charge in [0.15, 0.2) is 0 Å². The molecule has 5 nitrogen and oxygen atoms in total. The van der Waals surface area contributed by atoms with E-state index in [2.05, 4.69) is 26.0 Å². The maximum absolute atomic E-state index is 13.1. The average molecular weight is 627 g/mol. The van der Waals surface area contributed by atoms with Crippen molar-refractivity contribution in [3.63, 3.8) is 0 Å². The number of esters is 2. The minimum absolute atomic E-state index is 0.0935. The van der Waals surface area contributed by atoms with Crippen LogP contribution in [0.3, 0.4) is 0 Å². The Kier molecular flexibility index (Phi) is 26.2. The van der Waals surface area contributed by atoms with Gasteiger partial charge in [-0.05, 0) is 62.8 Å². The molecule has 0 aromatic heterocycles. The van der Waals surface area contributed by atoms with Crippen molar-refractivity contribution < 1.29 is 24.2 Å². The number of benzene rings is 1. The molecule has 1 unspecified atom stereocenters. The number of allylic oxidation sites excluding steroid dienone is 2. The second-order valence-corrected chi connectivity index (χ2v) is 13.0. The molecule has 0 aliphatic rings. The van der Waals surface area contributed by atoms with E-state index in [1.807, 2.05) is 0 Å². The Morgan fingerprint density at radius 2 is 0.911 bits per heavy atom. The Morgan fingerprint density at radius 1 is 0.556 bits per heavy atom. The van der Waals surface area contributed by atoms with E-state index < -0.39 is 17.9 Å². The van der Waals surface area contributed by atoms with Crippen molar-refractivity contribution in [1.82, 2.24) is 0 Å². The lowest BCUT2D eigenvalue weighted by atomic mass is 9.94. The molecule has 1 N–H and O–H groups in total. The van der Waals surface area contributed by atoms with Gasteiger partial charge in [-0.25, -0.2) is 9.59 Å². The van der Waals surface area contributed by atoms with Crippen LogP contribution in [-0.4, -0.2) is 23.0 Å². The van der Waals surface area contributed by atoms with E-state index in [1.165, 1.54) is 140 Å². The third kappa shape index (κ3) is 22.7. The molecule has 0 radical (unpaired) electrons. The van der Waals surface area contributed by atoms with Gasteiger partial charge in [0.05, 0.1) is 17.0 Å². The first kappa shape index (κ1) is 40.6. The fourth-order valence-corrected chi connectivity index (χ4v) is 5.88. The van der Waals surface area contributed by atoms with Crippen LogP contribution < -0.4 is 0 Å². The van der Waals surface area contributed by atoms with E-state index in [9.17, 15) is 14.4 Å². The number of unbranched alkanes of at least 4 members (excludes halogenated alkanes) is 21. The van der Waals surface area contributed by atoms with Crippen molar-refractivity contribution >= 4 is 17.9 Å². The first-order valence-electron chi connectivity index (χ1n) is 18.7. The topological polar surface area (TPSA) is 80.7 Å². The molecule has 0 fully saturated rings. The average Bonchev–Trinajstić information content (AvgIpc) is 3.04. The number of carbonyl (C=O) groups is 3. The number of ether oxygens (including phenoxy) is 1. The van der Waals surface area contributed by atoms with Gasteiger partial charge in [0.2, 0.25) is 0 Å². The van der Waals surface area contributed by atoms with Gasteiger partial charge in [0.1, 0.15) is 0 Å². The molecule has 45 heavy (non-hydrogen) atoms. The Balaban J connectivity index is 2.37. The monoisotopic (exact) mass is 626 g/mol. The van der Waals surface area contributed by atoms with E-state index in [1.54, 1.807) is 0 Å². The van der Waals surface area contributed by atoms with Crippen LogP contribution in [0.4, 0.5) is 0 Å². The summed E-state index contributed by atoms with van der Waals surface area (Å²) in [5.41, 5.74) is 0.290. The van der Waals surface area contributed by atoms with E-state index in [-0.39, 0.29) is 17.0 Å². The minimum atomic E-state index is -1.06. The maximum Gasteiger partial charge on any atom is 0.345 e. The SMILES string of the molecule is CCCCCCCCC=CCCCCCCC(CCCCCCCCCCCCCC)C(=O)OC(=O)c1ccc(C(=O)O)cc1. The molecule has 0 amide bonds. The number of carbonyl (C=O) groups excluding carboxylic acids is 2. The van der Waals surface area contributed by atoms with Crippen molar-refractivity contribution in [2.24, 2.45) is 5.92 Å². The quantitative estimate of drug-likeness (QED) is 0.0397. The number of rotatable bonds is 30. The van der Waals surface area contributed by atoms with Crippen LogP contribution in [0.2, 0.25) is 0 Å². The molecule has 1 aromatic carbocycles. The van der Waals surface area contributed by atoms with Gasteiger partial charge in [0, 0.05) is 0 Å². The van der Waals surface area contributed by atoms with Crippen molar-refractivity contribution in [2.75, 3.05) is 0 Å². The molecular formula is C40H66O5. The van der Waals surface area contributed by atoms with Gasteiger partial charge in [-0.15, -0.1) is 0 Å². The van der Waals surface area contributed by atoms with Crippen LogP contribution in [0.5, 0.6) is 0 Å². The molecule has 1 aromatic rings. The highest BCUT2D eigenvalue weighted by molar-refractivity contribution is 5.98. The molecule has 0 saturated carbocycles. The van der Waals surface area contributed by atoms with Crippen LogP contribution in [0, 0.1) is 5.92 Å². The molecule has 1 atom stereocenters. The lowest BCUT2D eigenvalue weighted by Gasteiger charge is -2.15. The Bertz CT molecular complexity index is 904. The number of hydrogen-bond donors (Lipinski definition) is 1. The van der Waals surface area contributed by atoms with Gasteiger partial charge in [-0.1, -0.05) is 154 Å². The fourth-order valence-electron chi connectivity index (χ4n) is 5.88. The number of carboxylic acids is 1. The largest absolute Gasteiger partial charge is 0.478 e. The zero-order valence-corrected chi connectivity index (χ0v) is 29.0. The Hall–Kier alpha value is -2.43. The molecule has 5 heteroatoms. The van der Waals surface area contributed by atoms with Crippen LogP contribution in [0.25, 0.3) is 0 Å². The zero-order chi connectivity index (χ0) is 32.8. The molecule has 256 valence electrons. The first-order valence-corrected chi connectivity index (χ1v) is 18.7. The van der Waals surface area contributed by atoms with E-state index in [0.29, 0.717) is 0 Å². The Morgan fingerprint density at radius 3 is 1.31 bits per heavy atom. The van der Waals surface area contributed by atoms with Crippen molar-refractivity contribution in [1.29, 1.82) is 0 Å². The summed E-state index contributed by atoms with van der Waals surface area (Å²) in [6.07, 6.45) is 36.1. The maximum atomic E-state index is 13.1. The van der Waals surface area contributed by atoms with Crippen molar-refractivity contribution in [2.45, 2.75) is 181 Å². The lowest BCUT2D eigenvalue weighted by Crippen LogP contribution is -2.22. The second kappa shape index (κ2) is 29.0. The summed E-state index contributed by atoms with van der Waals surface area (Å²) >= 11 is 0. The van der Waals surface area contributed by atoms with E-state index in [0.717, 1.165) is 51.4 Å². The molecule has 1 rings (SSSR count). The second-order valence-electron chi connectivity index (χ2n) is 13.0. The normalized spacial score (nSPS) is 12.0. The zero-order valence-electron chi connectivity index (χ0n) is 29.0. The lowest BCUT2D eigenvalue weighted by molar-refractivity contribution is -0.143.